The number of halogens is 2. The Morgan fingerprint density at radius 1 is 0.839 bits per heavy atom. The Balaban J connectivity index is 1.77. The number of rotatable bonds is 5. The van der Waals surface area contributed by atoms with Gasteiger partial charge in [0.1, 0.15) is 10.6 Å². The Labute approximate surface area is 194 Å². The summed E-state index contributed by atoms with van der Waals surface area (Å²) < 4.78 is 0. The molecule has 0 aromatic heterocycles. The number of thioether (sulfide) groups is 1. The van der Waals surface area contributed by atoms with Gasteiger partial charge in [-0.15, -0.1) is 0 Å². The molecule has 0 aliphatic carbocycles. The van der Waals surface area contributed by atoms with Crippen LogP contribution in [0.4, 0.5) is 11.4 Å². The molecule has 3 aromatic rings. The molecule has 2 amide bonds. The van der Waals surface area contributed by atoms with Crippen molar-refractivity contribution in [2.75, 3.05) is 10.2 Å². The predicted molar refractivity (Wildman–Crippen MR) is 128 cm³/mol. The highest BCUT2D eigenvalue weighted by atomic mass is 35.5. The van der Waals surface area contributed by atoms with Crippen molar-refractivity contribution >= 4 is 58.2 Å². The fourth-order valence-electron chi connectivity index (χ4n) is 3.27. The summed E-state index contributed by atoms with van der Waals surface area (Å²) in [6.07, 6.45) is 0. The molecule has 4 nitrogen and oxygen atoms in total. The van der Waals surface area contributed by atoms with Crippen LogP contribution in [0.2, 0.25) is 10.0 Å². The molecule has 4 rings (SSSR count). The van der Waals surface area contributed by atoms with Gasteiger partial charge in [-0.1, -0.05) is 58.7 Å². The van der Waals surface area contributed by atoms with Crippen molar-refractivity contribution in [3.63, 3.8) is 0 Å². The smallest absolute Gasteiger partial charge is 0.283 e. The highest BCUT2D eigenvalue weighted by Crippen LogP contribution is 2.38. The van der Waals surface area contributed by atoms with Crippen LogP contribution >= 0.6 is 35.0 Å². The average Bonchev–Trinajstić information content (AvgIpc) is 2.95. The van der Waals surface area contributed by atoms with E-state index < -0.39 is 11.8 Å². The lowest BCUT2D eigenvalue weighted by Crippen LogP contribution is -2.32. The minimum Gasteiger partial charge on any atom is -0.350 e. The monoisotopic (exact) mass is 468 g/mol. The number of aryl methyl sites for hydroxylation is 2. The van der Waals surface area contributed by atoms with Gasteiger partial charge in [-0.2, -0.15) is 0 Å². The number of anilines is 2. The third kappa shape index (κ3) is 4.49. The number of nitrogens with one attached hydrogen (secondary N) is 1. The van der Waals surface area contributed by atoms with Gasteiger partial charge in [-0.05, 0) is 67.9 Å². The number of hydrogen-bond donors (Lipinski definition) is 1. The van der Waals surface area contributed by atoms with Gasteiger partial charge in [0.2, 0.25) is 0 Å². The second kappa shape index (κ2) is 8.79. The maximum atomic E-state index is 13.4. The third-order valence-electron chi connectivity index (χ3n) is 4.78. The molecule has 31 heavy (non-hydrogen) atoms. The molecule has 1 N–H and O–H groups in total. The van der Waals surface area contributed by atoms with Crippen LogP contribution in [0.5, 0.6) is 0 Å². The standard InChI is InChI=1S/C24H18Cl2N2O2S/c1-14-6-11-20(15(2)12-14)27-21-22(31-19-9-7-16(25)8-10-19)24(30)28(23(21)29)18-5-3-4-17(26)13-18/h3-13,27H,1-2H3. The zero-order valence-electron chi connectivity index (χ0n) is 16.8. The van der Waals surface area contributed by atoms with Crippen LogP contribution < -0.4 is 10.2 Å². The first-order valence-corrected chi connectivity index (χ1v) is 11.1. The van der Waals surface area contributed by atoms with E-state index in [1.807, 2.05) is 44.2 Å². The molecule has 3 aromatic carbocycles. The van der Waals surface area contributed by atoms with Crippen LogP contribution in [0.25, 0.3) is 0 Å². The summed E-state index contributed by atoms with van der Waals surface area (Å²) in [4.78, 5) is 29.0. The Kier molecular flexibility index (Phi) is 6.10. The number of amides is 2. The summed E-state index contributed by atoms with van der Waals surface area (Å²) in [6.45, 7) is 3.96. The lowest BCUT2D eigenvalue weighted by Gasteiger charge is -2.16. The molecule has 0 saturated heterocycles. The molecule has 1 heterocycles. The molecule has 0 spiro atoms. The summed E-state index contributed by atoms with van der Waals surface area (Å²) >= 11 is 13.3. The van der Waals surface area contributed by atoms with E-state index in [0.717, 1.165) is 26.6 Å². The molecule has 1 aliphatic heterocycles. The molecule has 0 unspecified atom stereocenters. The first kappa shape index (κ1) is 21.5. The molecular weight excluding hydrogens is 451 g/mol. The highest BCUT2D eigenvalue weighted by molar-refractivity contribution is 8.04. The first-order chi connectivity index (χ1) is 14.8. The van der Waals surface area contributed by atoms with E-state index in [4.69, 9.17) is 23.2 Å². The van der Waals surface area contributed by atoms with E-state index in [9.17, 15) is 9.59 Å². The summed E-state index contributed by atoms with van der Waals surface area (Å²) in [6, 6.07) is 19.7. The van der Waals surface area contributed by atoms with E-state index in [-0.39, 0.29) is 5.70 Å². The third-order valence-corrected chi connectivity index (χ3v) is 6.36. The second-order valence-corrected chi connectivity index (χ2v) is 9.09. The molecule has 7 heteroatoms. The van der Waals surface area contributed by atoms with Gasteiger partial charge in [0.25, 0.3) is 11.8 Å². The van der Waals surface area contributed by atoms with Crippen molar-refractivity contribution in [3.05, 3.63) is 98.5 Å². The van der Waals surface area contributed by atoms with E-state index in [1.54, 1.807) is 36.4 Å². The van der Waals surface area contributed by atoms with Gasteiger partial charge < -0.3 is 5.32 Å². The van der Waals surface area contributed by atoms with Gasteiger partial charge in [0, 0.05) is 20.6 Å². The van der Waals surface area contributed by atoms with Crippen LogP contribution in [0.15, 0.2) is 82.2 Å². The molecule has 0 bridgehead atoms. The minimum absolute atomic E-state index is 0.233. The van der Waals surface area contributed by atoms with Crippen molar-refractivity contribution in [3.8, 4) is 0 Å². The Morgan fingerprint density at radius 2 is 1.58 bits per heavy atom. The Morgan fingerprint density at radius 3 is 2.26 bits per heavy atom. The van der Waals surface area contributed by atoms with E-state index >= 15 is 0 Å². The fourth-order valence-corrected chi connectivity index (χ4v) is 4.51. The minimum atomic E-state index is -0.427. The summed E-state index contributed by atoms with van der Waals surface area (Å²) in [7, 11) is 0. The van der Waals surface area contributed by atoms with Gasteiger partial charge in [-0.25, -0.2) is 4.90 Å². The quantitative estimate of drug-likeness (QED) is 0.428. The zero-order valence-corrected chi connectivity index (χ0v) is 19.1. The Hall–Kier alpha value is -2.73. The van der Waals surface area contributed by atoms with Crippen molar-refractivity contribution in [2.24, 2.45) is 0 Å². The van der Waals surface area contributed by atoms with Crippen LogP contribution in [0.3, 0.4) is 0 Å². The van der Waals surface area contributed by atoms with Crippen LogP contribution in [-0.4, -0.2) is 11.8 Å². The summed E-state index contributed by atoms with van der Waals surface area (Å²) in [5.74, 6) is -0.830. The highest BCUT2D eigenvalue weighted by Gasteiger charge is 2.40. The van der Waals surface area contributed by atoms with E-state index in [0.29, 0.717) is 20.6 Å². The fraction of sp³-hybridized carbons (Fsp3) is 0.0833. The molecule has 0 fully saturated rings. The van der Waals surface area contributed by atoms with E-state index in [2.05, 4.69) is 5.32 Å². The lowest BCUT2D eigenvalue weighted by molar-refractivity contribution is -0.120. The number of benzene rings is 3. The molecular formula is C24H18Cl2N2O2S. The van der Waals surface area contributed by atoms with Crippen molar-refractivity contribution in [1.29, 1.82) is 0 Å². The van der Waals surface area contributed by atoms with Crippen LogP contribution in [-0.2, 0) is 9.59 Å². The summed E-state index contributed by atoms with van der Waals surface area (Å²) in [5.41, 5.74) is 3.52. The van der Waals surface area contributed by atoms with Gasteiger partial charge >= 0.3 is 0 Å². The molecule has 0 atom stereocenters. The normalized spacial score (nSPS) is 13.9. The molecule has 0 saturated carbocycles. The largest absolute Gasteiger partial charge is 0.350 e. The van der Waals surface area contributed by atoms with Gasteiger partial charge in [0.15, 0.2) is 0 Å². The SMILES string of the molecule is Cc1ccc(NC2=C(Sc3ccc(Cl)cc3)C(=O)N(c3cccc(Cl)c3)C2=O)c(C)c1. The number of nitrogens with zero attached hydrogens (tertiary/aromatic N) is 1. The maximum absolute atomic E-state index is 13.4. The molecule has 0 radical (unpaired) electrons. The molecule has 156 valence electrons. The van der Waals surface area contributed by atoms with Crippen LogP contribution in [0.1, 0.15) is 11.1 Å². The first-order valence-electron chi connectivity index (χ1n) is 9.50. The molecule has 1 aliphatic rings. The van der Waals surface area contributed by atoms with Crippen molar-refractivity contribution in [1.82, 2.24) is 0 Å². The second-order valence-electron chi connectivity index (χ2n) is 7.13. The lowest BCUT2D eigenvalue weighted by atomic mass is 10.1. The zero-order chi connectivity index (χ0) is 22.1. The summed E-state index contributed by atoms with van der Waals surface area (Å²) in [5, 5.41) is 4.24. The Bertz CT molecular complexity index is 1220. The maximum Gasteiger partial charge on any atom is 0.283 e. The topological polar surface area (TPSA) is 49.4 Å². The number of carbonyl (C=O) groups is 2. The van der Waals surface area contributed by atoms with Gasteiger partial charge in [-0.3, -0.25) is 9.59 Å². The number of hydrogen-bond acceptors (Lipinski definition) is 4. The average molecular weight is 469 g/mol. The number of carbonyl (C=O) groups excluding carboxylic acids is 2. The van der Waals surface area contributed by atoms with E-state index in [1.165, 1.54) is 11.8 Å². The van der Waals surface area contributed by atoms with Crippen molar-refractivity contribution < 1.29 is 9.59 Å². The number of imide groups is 1. The van der Waals surface area contributed by atoms with Crippen LogP contribution in [0, 0.1) is 13.8 Å². The predicted octanol–water partition coefficient (Wildman–Crippen LogP) is 6.60. The van der Waals surface area contributed by atoms with Crippen molar-refractivity contribution in [2.45, 2.75) is 18.7 Å². The van der Waals surface area contributed by atoms with Gasteiger partial charge in [0.05, 0.1) is 5.69 Å².